The van der Waals surface area contributed by atoms with E-state index in [-0.39, 0.29) is 17.0 Å². The SMILES string of the molecule is Cc1ccc(C(=O)N(C)Cc2ccco2)c(=O)[nH]1. The van der Waals surface area contributed by atoms with Crippen LogP contribution in [0.2, 0.25) is 0 Å². The normalized spacial score (nSPS) is 10.3. The van der Waals surface area contributed by atoms with Crippen molar-refractivity contribution >= 4 is 5.91 Å². The number of carbonyl (C=O) groups is 1. The van der Waals surface area contributed by atoms with Crippen molar-refractivity contribution in [3.05, 3.63) is 57.9 Å². The highest BCUT2D eigenvalue weighted by molar-refractivity contribution is 5.93. The summed E-state index contributed by atoms with van der Waals surface area (Å²) in [6.07, 6.45) is 1.55. The summed E-state index contributed by atoms with van der Waals surface area (Å²) in [5.74, 6) is 0.349. The zero-order chi connectivity index (χ0) is 13.1. The Labute approximate surface area is 104 Å². The van der Waals surface area contributed by atoms with Gasteiger partial charge in [0.25, 0.3) is 11.5 Å². The minimum absolute atomic E-state index is 0.134. The molecule has 0 saturated carbocycles. The molecule has 5 heteroatoms. The number of amides is 1. The van der Waals surface area contributed by atoms with Crippen molar-refractivity contribution in [1.82, 2.24) is 9.88 Å². The highest BCUT2D eigenvalue weighted by Crippen LogP contribution is 2.06. The molecule has 2 aromatic heterocycles. The fourth-order valence-electron chi connectivity index (χ4n) is 1.65. The van der Waals surface area contributed by atoms with Crippen LogP contribution in [0.15, 0.2) is 39.7 Å². The third-order valence-corrected chi connectivity index (χ3v) is 2.61. The molecule has 0 bridgehead atoms. The van der Waals surface area contributed by atoms with Crippen molar-refractivity contribution in [2.75, 3.05) is 7.05 Å². The van der Waals surface area contributed by atoms with Gasteiger partial charge in [-0.2, -0.15) is 0 Å². The Balaban J connectivity index is 2.18. The van der Waals surface area contributed by atoms with Crippen molar-refractivity contribution in [3.8, 4) is 0 Å². The summed E-state index contributed by atoms with van der Waals surface area (Å²) in [5, 5.41) is 0. The van der Waals surface area contributed by atoms with Gasteiger partial charge in [-0.3, -0.25) is 9.59 Å². The fraction of sp³-hybridized carbons (Fsp3) is 0.231. The predicted octanol–water partition coefficient (Wildman–Crippen LogP) is 1.55. The van der Waals surface area contributed by atoms with Gasteiger partial charge in [-0.05, 0) is 31.2 Å². The maximum absolute atomic E-state index is 12.1. The highest BCUT2D eigenvalue weighted by atomic mass is 16.3. The van der Waals surface area contributed by atoms with Crippen molar-refractivity contribution in [2.45, 2.75) is 13.5 Å². The molecule has 0 aromatic carbocycles. The first-order chi connectivity index (χ1) is 8.58. The summed E-state index contributed by atoms with van der Waals surface area (Å²) in [6, 6.07) is 6.78. The number of nitrogens with zero attached hydrogens (tertiary/aromatic N) is 1. The number of H-pyrrole nitrogens is 1. The van der Waals surface area contributed by atoms with Crippen LogP contribution in [-0.2, 0) is 6.54 Å². The number of rotatable bonds is 3. The number of carbonyl (C=O) groups excluding carboxylic acids is 1. The van der Waals surface area contributed by atoms with Crippen molar-refractivity contribution in [2.24, 2.45) is 0 Å². The van der Waals surface area contributed by atoms with Crippen molar-refractivity contribution < 1.29 is 9.21 Å². The molecule has 1 amide bonds. The van der Waals surface area contributed by atoms with Crippen LogP contribution in [0, 0.1) is 6.92 Å². The number of nitrogens with one attached hydrogen (secondary N) is 1. The number of hydrogen-bond donors (Lipinski definition) is 1. The number of aromatic nitrogens is 1. The zero-order valence-corrected chi connectivity index (χ0v) is 10.3. The molecule has 0 saturated heterocycles. The Bertz CT molecular complexity index is 599. The van der Waals surface area contributed by atoms with E-state index in [9.17, 15) is 9.59 Å². The largest absolute Gasteiger partial charge is 0.467 e. The number of aryl methyl sites for hydroxylation is 1. The molecule has 18 heavy (non-hydrogen) atoms. The second kappa shape index (κ2) is 4.91. The van der Waals surface area contributed by atoms with Crippen LogP contribution < -0.4 is 5.56 Å². The Morgan fingerprint density at radius 3 is 2.78 bits per heavy atom. The maximum Gasteiger partial charge on any atom is 0.260 e. The third kappa shape index (κ3) is 2.51. The molecule has 94 valence electrons. The van der Waals surface area contributed by atoms with Gasteiger partial charge in [0.05, 0.1) is 12.8 Å². The van der Waals surface area contributed by atoms with Crippen LogP contribution in [0.5, 0.6) is 0 Å². The first-order valence-corrected chi connectivity index (χ1v) is 5.55. The molecule has 1 N–H and O–H groups in total. The fourth-order valence-corrected chi connectivity index (χ4v) is 1.65. The van der Waals surface area contributed by atoms with Crippen LogP contribution in [-0.4, -0.2) is 22.8 Å². The van der Waals surface area contributed by atoms with Gasteiger partial charge in [0.15, 0.2) is 0 Å². The van der Waals surface area contributed by atoms with Gasteiger partial charge in [0.2, 0.25) is 0 Å². The molecule has 0 spiro atoms. The summed E-state index contributed by atoms with van der Waals surface area (Å²) < 4.78 is 5.16. The zero-order valence-electron chi connectivity index (χ0n) is 10.3. The van der Waals surface area contributed by atoms with E-state index in [1.54, 1.807) is 38.4 Å². The quantitative estimate of drug-likeness (QED) is 0.893. The summed E-state index contributed by atoms with van der Waals surface area (Å²) in [4.78, 5) is 27.8. The molecule has 0 aliphatic rings. The summed E-state index contributed by atoms with van der Waals surface area (Å²) in [7, 11) is 1.63. The second-order valence-electron chi connectivity index (χ2n) is 4.12. The molecule has 0 radical (unpaired) electrons. The minimum Gasteiger partial charge on any atom is -0.467 e. The molecular formula is C13H14N2O3. The number of aromatic amines is 1. The first-order valence-electron chi connectivity index (χ1n) is 5.55. The molecule has 0 atom stereocenters. The van der Waals surface area contributed by atoms with E-state index in [4.69, 9.17) is 4.42 Å². The van der Waals surface area contributed by atoms with E-state index in [1.165, 1.54) is 11.0 Å². The van der Waals surface area contributed by atoms with E-state index in [1.807, 2.05) is 0 Å². The Morgan fingerprint density at radius 2 is 2.17 bits per heavy atom. The van der Waals surface area contributed by atoms with E-state index in [2.05, 4.69) is 4.98 Å². The predicted molar refractivity (Wildman–Crippen MR) is 66.3 cm³/mol. The van der Waals surface area contributed by atoms with Gasteiger partial charge >= 0.3 is 0 Å². The molecule has 2 heterocycles. The number of furan rings is 1. The lowest BCUT2D eigenvalue weighted by atomic mass is 10.2. The maximum atomic E-state index is 12.1. The summed E-state index contributed by atoms with van der Waals surface area (Å²) >= 11 is 0. The van der Waals surface area contributed by atoms with Crippen LogP contribution in [0.4, 0.5) is 0 Å². The molecule has 5 nitrogen and oxygen atoms in total. The Hall–Kier alpha value is -2.30. The highest BCUT2D eigenvalue weighted by Gasteiger charge is 2.16. The topological polar surface area (TPSA) is 66.3 Å². The molecule has 0 unspecified atom stereocenters. The van der Waals surface area contributed by atoms with E-state index in [0.29, 0.717) is 12.3 Å². The van der Waals surface area contributed by atoms with Gasteiger partial charge in [-0.1, -0.05) is 0 Å². The third-order valence-electron chi connectivity index (χ3n) is 2.61. The molecule has 2 aromatic rings. The molecular weight excluding hydrogens is 232 g/mol. The lowest BCUT2D eigenvalue weighted by molar-refractivity contribution is 0.0773. The first kappa shape index (κ1) is 12.2. The molecule has 0 fully saturated rings. The lowest BCUT2D eigenvalue weighted by Gasteiger charge is -2.15. The van der Waals surface area contributed by atoms with Gasteiger partial charge in [0, 0.05) is 12.7 Å². The van der Waals surface area contributed by atoms with Crippen molar-refractivity contribution in [1.29, 1.82) is 0 Å². The number of pyridine rings is 1. The van der Waals surface area contributed by atoms with E-state index in [0.717, 1.165) is 5.69 Å². The average molecular weight is 246 g/mol. The number of hydrogen-bond acceptors (Lipinski definition) is 3. The molecule has 0 aliphatic heterocycles. The minimum atomic E-state index is -0.369. The van der Waals surface area contributed by atoms with Crippen LogP contribution in [0.3, 0.4) is 0 Å². The van der Waals surface area contributed by atoms with Gasteiger partial charge in [0.1, 0.15) is 11.3 Å². The van der Waals surface area contributed by atoms with E-state index >= 15 is 0 Å². The lowest BCUT2D eigenvalue weighted by Crippen LogP contribution is -2.31. The monoisotopic (exact) mass is 246 g/mol. The van der Waals surface area contributed by atoms with E-state index < -0.39 is 0 Å². The standard InChI is InChI=1S/C13H14N2O3/c1-9-5-6-11(12(16)14-9)13(17)15(2)8-10-4-3-7-18-10/h3-7H,8H2,1-2H3,(H,14,16). The van der Waals surface area contributed by atoms with Crippen LogP contribution >= 0.6 is 0 Å². The summed E-state index contributed by atoms with van der Waals surface area (Å²) in [5.41, 5.74) is 0.492. The average Bonchev–Trinajstić information content (AvgIpc) is 2.81. The summed E-state index contributed by atoms with van der Waals surface area (Å²) in [6.45, 7) is 2.10. The van der Waals surface area contributed by atoms with Gasteiger partial charge in [-0.25, -0.2) is 0 Å². The molecule has 2 rings (SSSR count). The van der Waals surface area contributed by atoms with Gasteiger partial charge < -0.3 is 14.3 Å². The molecule has 0 aliphatic carbocycles. The van der Waals surface area contributed by atoms with Crippen LogP contribution in [0.25, 0.3) is 0 Å². The van der Waals surface area contributed by atoms with Crippen LogP contribution in [0.1, 0.15) is 21.8 Å². The Kier molecular flexibility index (Phi) is 3.32. The Morgan fingerprint density at radius 1 is 1.39 bits per heavy atom. The van der Waals surface area contributed by atoms with Gasteiger partial charge in [-0.15, -0.1) is 0 Å². The van der Waals surface area contributed by atoms with Crippen molar-refractivity contribution in [3.63, 3.8) is 0 Å². The smallest absolute Gasteiger partial charge is 0.260 e. The second-order valence-corrected chi connectivity index (χ2v) is 4.12.